The third kappa shape index (κ3) is 4.06. The van der Waals surface area contributed by atoms with Crippen LogP contribution < -0.4 is 9.47 Å². The van der Waals surface area contributed by atoms with E-state index in [2.05, 4.69) is 0 Å². The summed E-state index contributed by atoms with van der Waals surface area (Å²) in [7, 11) is 1.52. The number of hydrogen-bond donors (Lipinski definition) is 1. The number of amides is 1. The summed E-state index contributed by atoms with van der Waals surface area (Å²) < 4.78 is 11.1. The minimum Gasteiger partial charge on any atom is -0.493 e. The number of para-hydroxylation sites is 2. The molecule has 1 aliphatic heterocycles. The molecule has 6 nitrogen and oxygen atoms in total. The number of piperidine rings is 1. The third-order valence-electron chi connectivity index (χ3n) is 5.15. The summed E-state index contributed by atoms with van der Waals surface area (Å²) in [6.45, 7) is 0.815. The first-order valence-electron chi connectivity index (χ1n) is 8.87. The van der Waals surface area contributed by atoms with Crippen molar-refractivity contribution < 1.29 is 24.2 Å². The molecule has 1 N–H and O–H groups in total. The first kappa shape index (κ1) is 17.6. The van der Waals surface area contributed by atoms with E-state index in [1.165, 1.54) is 20.0 Å². The number of likely N-dealkylation sites (tertiary alicyclic amines) is 1. The van der Waals surface area contributed by atoms with Gasteiger partial charge in [-0.15, -0.1) is 0 Å². The molecule has 0 radical (unpaired) electrons. The van der Waals surface area contributed by atoms with E-state index >= 15 is 0 Å². The van der Waals surface area contributed by atoms with Crippen LogP contribution in [-0.4, -0.2) is 47.7 Å². The van der Waals surface area contributed by atoms with Gasteiger partial charge in [-0.2, -0.15) is 0 Å². The van der Waals surface area contributed by atoms with Gasteiger partial charge >= 0.3 is 5.97 Å². The zero-order valence-electron chi connectivity index (χ0n) is 14.6. The Hall–Kier alpha value is -2.24. The molecular formula is C19H25NO5. The van der Waals surface area contributed by atoms with Gasteiger partial charge in [-0.1, -0.05) is 25.0 Å². The highest BCUT2D eigenvalue weighted by molar-refractivity contribution is 5.80. The Labute approximate surface area is 147 Å². The Morgan fingerprint density at radius 1 is 1.20 bits per heavy atom. The molecule has 1 amide bonds. The van der Waals surface area contributed by atoms with E-state index in [1.54, 1.807) is 29.2 Å². The molecule has 0 atom stereocenters. The molecule has 0 unspecified atom stereocenters. The molecule has 0 bridgehead atoms. The number of carboxylic acids is 1. The lowest BCUT2D eigenvalue weighted by molar-refractivity contribution is -0.162. The number of benzene rings is 1. The van der Waals surface area contributed by atoms with Crippen LogP contribution >= 0.6 is 0 Å². The lowest BCUT2D eigenvalue weighted by Crippen LogP contribution is -2.54. The molecule has 1 aromatic carbocycles. The van der Waals surface area contributed by atoms with Crippen LogP contribution in [0.25, 0.3) is 0 Å². The van der Waals surface area contributed by atoms with Gasteiger partial charge in [0.25, 0.3) is 0 Å². The summed E-state index contributed by atoms with van der Waals surface area (Å²) in [6.07, 6.45) is 4.55. The number of hydrogen-bond acceptors (Lipinski definition) is 4. The molecule has 25 heavy (non-hydrogen) atoms. The van der Waals surface area contributed by atoms with E-state index in [-0.39, 0.29) is 18.7 Å². The number of carbonyl (C=O) groups is 2. The lowest BCUT2D eigenvalue weighted by atomic mass is 9.90. The minimum absolute atomic E-state index is 0.128. The molecule has 6 heteroatoms. The van der Waals surface area contributed by atoms with E-state index in [9.17, 15) is 14.7 Å². The van der Waals surface area contributed by atoms with Crippen molar-refractivity contribution in [3.63, 3.8) is 0 Å². The van der Waals surface area contributed by atoms with Crippen LogP contribution in [0, 0.1) is 5.92 Å². The van der Waals surface area contributed by atoms with Crippen LogP contribution in [0.4, 0.5) is 0 Å². The zero-order chi connectivity index (χ0) is 17.9. The first-order chi connectivity index (χ1) is 12.0. The van der Waals surface area contributed by atoms with Gasteiger partial charge in [0, 0.05) is 32.4 Å². The quantitative estimate of drug-likeness (QED) is 0.821. The molecule has 2 aliphatic rings. The van der Waals surface area contributed by atoms with E-state index < -0.39 is 11.6 Å². The molecular weight excluding hydrogens is 322 g/mol. The standard InChI is InChI=1S/C19H25NO5/c1-24-15-4-2-3-5-16(15)25-19(18(22)23)10-12-20(13-11-19)17(21)9-8-14-6-7-14/h2-5,14H,6-13H2,1H3,(H,22,23). The van der Waals surface area contributed by atoms with E-state index in [0.717, 1.165) is 12.3 Å². The number of rotatable bonds is 7. The van der Waals surface area contributed by atoms with Gasteiger partial charge in [-0.3, -0.25) is 4.79 Å². The second-order valence-corrected chi connectivity index (χ2v) is 6.92. The number of ether oxygens (including phenoxy) is 2. The van der Waals surface area contributed by atoms with Crippen molar-refractivity contribution in [1.29, 1.82) is 0 Å². The van der Waals surface area contributed by atoms with Gasteiger partial charge in [0.1, 0.15) is 0 Å². The number of carboxylic acid groups (broad SMARTS) is 1. The van der Waals surface area contributed by atoms with Crippen molar-refractivity contribution in [3.8, 4) is 11.5 Å². The fourth-order valence-electron chi connectivity index (χ4n) is 3.28. The molecule has 1 aliphatic carbocycles. The summed E-state index contributed by atoms with van der Waals surface area (Å²) in [5.74, 6) is 0.777. The van der Waals surface area contributed by atoms with Crippen molar-refractivity contribution in [2.24, 2.45) is 5.92 Å². The Kier molecular flexibility index (Phi) is 5.16. The maximum absolute atomic E-state index is 12.3. The number of methoxy groups -OCH3 is 1. The molecule has 0 spiro atoms. The van der Waals surface area contributed by atoms with Crippen LogP contribution in [0.15, 0.2) is 24.3 Å². The summed E-state index contributed by atoms with van der Waals surface area (Å²) in [5.41, 5.74) is -1.32. The predicted molar refractivity (Wildman–Crippen MR) is 91.8 cm³/mol. The van der Waals surface area contributed by atoms with Crippen LogP contribution in [-0.2, 0) is 9.59 Å². The lowest BCUT2D eigenvalue weighted by Gasteiger charge is -2.39. The number of aliphatic carboxylic acids is 1. The van der Waals surface area contributed by atoms with Gasteiger partial charge in [0.05, 0.1) is 7.11 Å². The van der Waals surface area contributed by atoms with Crippen molar-refractivity contribution >= 4 is 11.9 Å². The molecule has 1 saturated heterocycles. The van der Waals surface area contributed by atoms with Crippen molar-refractivity contribution in [2.75, 3.05) is 20.2 Å². The maximum Gasteiger partial charge on any atom is 0.348 e. The zero-order valence-corrected chi connectivity index (χ0v) is 14.6. The predicted octanol–water partition coefficient (Wildman–Crippen LogP) is 2.71. The smallest absolute Gasteiger partial charge is 0.348 e. The number of carbonyl (C=O) groups excluding carboxylic acids is 1. The average Bonchev–Trinajstić information content (AvgIpc) is 3.45. The normalized spacial score (nSPS) is 19.3. The van der Waals surface area contributed by atoms with Crippen LogP contribution in [0.3, 0.4) is 0 Å². The first-order valence-corrected chi connectivity index (χ1v) is 8.87. The highest BCUT2D eigenvalue weighted by atomic mass is 16.5. The van der Waals surface area contributed by atoms with Crippen molar-refractivity contribution in [3.05, 3.63) is 24.3 Å². The molecule has 1 aromatic rings. The van der Waals surface area contributed by atoms with Crippen LogP contribution in [0.1, 0.15) is 38.5 Å². The molecule has 2 fully saturated rings. The largest absolute Gasteiger partial charge is 0.493 e. The monoisotopic (exact) mass is 347 g/mol. The molecule has 3 rings (SSSR count). The van der Waals surface area contributed by atoms with Gasteiger partial charge in [-0.25, -0.2) is 4.79 Å². The molecule has 1 heterocycles. The van der Waals surface area contributed by atoms with Crippen molar-refractivity contribution in [2.45, 2.75) is 44.1 Å². The Balaban J connectivity index is 1.64. The van der Waals surface area contributed by atoms with E-state index in [4.69, 9.17) is 9.47 Å². The summed E-state index contributed by atoms with van der Waals surface area (Å²) >= 11 is 0. The van der Waals surface area contributed by atoms with Crippen LogP contribution in [0.2, 0.25) is 0 Å². The fourth-order valence-corrected chi connectivity index (χ4v) is 3.28. The summed E-state index contributed by atoms with van der Waals surface area (Å²) in [5, 5.41) is 9.75. The second-order valence-electron chi connectivity index (χ2n) is 6.92. The average molecular weight is 347 g/mol. The maximum atomic E-state index is 12.3. The summed E-state index contributed by atoms with van der Waals surface area (Å²) in [4.78, 5) is 26.0. The SMILES string of the molecule is COc1ccccc1OC1(C(=O)O)CCN(C(=O)CCC2CC2)CC1. The van der Waals surface area contributed by atoms with Gasteiger partial charge < -0.3 is 19.5 Å². The highest BCUT2D eigenvalue weighted by Gasteiger charge is 2.45. The topological polar surface area (TPSA) is 76.1 Å². The summed E-state index contributed by atoms with van der Waals surface area (Å²) in [6, 6.07) is 7.03. The highest BCUT2D eigenvalue weighted by Crippen LogP contribution is 2.36. The van der Waals surface area contributed by atoms with Gasteiger partial charge in [-0.05, 0) is 24.5 Å². The van der Waals surface area contributed by atoms with E-state index in [0.29, 0.717) is 31.0 Å². The van der Waals surface area contributed by atoms with Gasteiger partial charge in [0.2, 0.25) is 11.5 Å². The minimum atomic E-state index is -1.32. The Morgan fingerprint density at radius 2 is 1.84 bits per heavy atom. The fraction of sp³-hybridized carbons (Fsp3) is 0.579. The third-order valence-corrected chi connectivity index (χ3v) is 5.15. The second kappa shape index (κ2) is 7.33. The number of nitrogens with zero attached hydrogens (tertiary/aromatic N) is 1. The van der Waals surface area contributed by atoms with Crippen molar-refractivity contribution in [1.82, 2.24) is 4.90 Å². The Bertz CT molecular complexity index is 632. The van der Waals surface area contributed by atoms with E-state index in [1.807, 2.05) is 0 Å². The molecule has 1 saturated carbocycles. The molecule has 136 valence electrons. The van der Waals surface area contributed by atoms with Gasteiger partial charge in [0.15, 0.2) is 11.5 Å². The molecule has 0 aromatic heterocycles. The van der Waals surface area contributed by atoms with Crippen LogP contribution in [0.5, 0.6) is 11.5 Å². The Morgan fingerprint density at radius 3 is 2.40 bits per heavy atom.